The van der Waals surface area contributed by atoms with Gasteiger partial charge in [0.1, 0.15) is 17.2 Å². The molecule has 8 heteroatoms. The molecule has 1 aliphatic heterocycles. The van der Waals surface area contributed by atoms with E-state index < -0.39 is 0 Å². The second-order valence-corrected chi connectivity index (χ2v) is 6.00. The summed E-state index contributed by atoms with van der Waals surface area (Å²) in [6.45, 7) is 7.23. The third-order valence-corrected chi connectivity index (χ3v) is 4.42. The quantitative estimate of drug-likeness (QED) is 0.634. The van der Waals surface area contributed by atoms with Gasteiger partial charge in [0.05, 0.1) is 11.6 Å². The maximum Gasteiger partial charge on any atom is 0.312 e. The Bertz CT molecular complexity index is 736. The molecule has 0 N–H and O–H groups in total. The van der Waals surface area contributed by atoms with Gasteiger partial charge in [-0.05, 0) is 38.1 Å². The van der Waals surface area contributed by atoms with Crippen molar-refractivity contribution in [2.75, 3.05) is 31.1 Å². The fourth-order valence-corrected chi connectivity index (χ4v) is 3.08. The molecule has 0 aliphatic carbocycles. The van der Waals surface area contributed by atoms with E-state index in [0.717, 1.165) is 31.9 Å². The number of benzene rings is 1. The molecule has 1 saturated heterocycles. The van der Waals surface area contributed by atoms with Gasteiger partial charge in [0.25, 0.3) is 0 Å². The van der Waals surface area contributed by atoms with E-state index in [0.29, 0.717) is 18.1 Å². The van der Waals surface area contributed by atoms with Crippen LogP contribution in [0.3, 0.4) is 0 Å². The number of hydrogen-bond acceptors (Lipinski definition) is 5. The zero-order valence-corrected chi connectivity index (χ0v) is 13.8. The van der Waals surface area contributed by atoms with Crippen molar-refractivity contribution in [3.8, 4) is 0 Å². The van der Waals surface area contributed by atoms with E-state index in [2.05, 4.69) is 14.9 Å². The average molecular weight is 333 g/mol. The summed E-state index contributed by atoms with van der Waals surface area (Å²) in [4.78, 5) is 15.1. The number of anilines is 1. The van der Waals surface area contributed by atoms with E-state index in [-0.39, 0.29) is 16.4 Å². The van der Waals surface area contributed by atoms with Crippen LogP contribution in [-0.2, 0) is 6.67 Å². The molecule has 0 amide bonds. The van der Waals surface area contributed by atoms with Crippen LogP contribution in [0.25, 0.3) is 0 Å². The fraction of sp³-hybridized carbons (Fsp3) is 0.438. The molecule has 128 valence electrons. The van der Waals surface area contributed by atoms with Gasteiger partial charge in [0.15, 0.2) is 0 Å². The fourth-order valence-electron chi connectivity index (χ4n) is 3.08. The molecule has 7 nitrogen and oxygen atoms in total. The van der Waals surface area contributed by atoms with Gasteiger partial charge in [-0.2, -0.15) is 5.10 Å². The van der Waals surface area contributed by atoms with Crippen molar-refractivity contribution in [2.24, 2.45) is 0 Å². The Kier molecular flexibility index (Phi) is 4.48. The average Bonchev–Trinajstić information content (AvgIpc) is 2.83. The normalized spacial score (nSPS) is 15.7. The molecule has 0 saturated carbocycles. The van der Waals surface area contributed by atoms with E-state index in [1.54, 1.807) is 30.7 Å². The predicted molar refractivity (Wildman–Crippen MR) is 88.5 cm³/mol. The van der Waals surface area contributed by atoms with Crippen LogP contribution < -0.4 is 4.90 Å². The van der Waals surface area contributed by atoms with Crippen LogP contribution in [-0.4, -0.2) is 45.8 Å². The van der Waals surface area contributed by atoms with E-state index in [1.165, 1.54) is 12.1 Å². The van der Waals surface area contributed by atoms with Crippen LogP contribution in [0, 0.1) is 29.8 Å². The number of aryl methyl sites for hydroxylation is 1. The second kappa shape index (κ2) is 6.56. The van der Waals surface area contributed by atoms with Crippen LogP contribution in [0.2, 0.25) is 0 Å². The first-order chi connectivity index (χ1) is 11.5. The first-order valence-corrected chi connectivity index (χ1v) is 7.87. The van der Waals surface area contributed by atoms with Crippen LogP contribution in [0.4, 0.5) is 15.8 Å². The van der Waals surface area contributed by atoms with Gasteiger partial charge in [-0.15, -0.1) is 0 Å². The van der Waals surface area contributed by atoms with Crippen molar-refractivity contribution in [2.45, 2.75) is 20.5 Å². The van der Waals surface area contributed by atoms with Crippen molar-refractivity contribution in [3.63, 3.8) is 0 Å². The van der Waals surface area contributed by atoms with Crippen LogP contribution in [0.15, 0.2) is 24.3 Å². The molecule has 1 aromatic carbocycles. The predicted octanol–water partition coefficient (Wildman–Crippen LogP) is 2.33. The van der Waals surface area contributed by atoms with E-state index in [1.807, 2.05) is 0 Å². The molecule has 0 radical (unpaired) electrons. The van der Waals surface area contributed by atoms with Crippen LogP contribution in [0.5, 0.6) is 0 Å². The Hall–Kier alpha value is -2.48. The maximum absolute atomic E-state index is 13.0. The lowest BCUT2D eigenvalue weighted by atomic mass is 10.2. The summed E-state index contributed by atoms with van der Waals surface area (Å²) in [5.74, 6) is -0.233. The highest BCUT2D eigenvalue weighted by Gasteiger charge is 2.24. The zero-order valence-electron chi connectivity index (χ0n) is 13.8. The molecule has 0 bridgehead atoms. The highest BCUT2D eigenvalue weighted by molar-refractivity contribution is 5.46. The molecule has 1 aromatic heterocycles. The number of piperazine rings is 1. The van der Waals surface area contributed by atoms with Crippen LogP contribution in [0.1, 0.15) is 11.4 Å². The third-order valence-electron chi connectivity index (χ3n) is 4.42. The standard InChI is InChI=1S/C16H20FN5O2/c1-12-16(22(23)24)13(2)21(18-12)11-19-7-9-20(10-8-19)15-5-3-14(17)4-6-15/h3-6H,7-11H2,1-2H3. The molecule has 0 spiro atoms. The van der Waals surface area contributed by atoms with Crippen molar-refractivity contribution in [1.29, 1.82) is 0 Å². The topological polar surface area (TPSA) is 67.4 Å². The molecule has 1 fully saturated rings. The Morgan fingerprint density at radius 1 is 1.17 bits per heavy atom. The second-order valence-electron chi connectivity index (χ2n) is 6.00. The first kappa shape index (κ1) is 16.4. The first-order valence-electron chi connectivity index (χ1n) is 7.87. The third kappa shape index (κ3) is 3.23. The summed E-state index contributed by atoms with van der Waals surface area (Å²) in [5, 5.41) is 15.4. The van der Waals surface area contributed by atoms with E-state index in [9.17, 15) is 14.5 Å². The zero-order chi connectivity index (χ0) is 17.3. The molecule has 2 heterocycles. The Morgan fingerprint density at radius 3 is 2.33 bits per heavy atom. The highest BCUT2D eigenvalue weighted by Crippen LogP contribution is 2.22. The molecule has 0 unspecified atom stereocenters. The molecular formula is C16H20FN5O2. The van der Waals surface area contributed by atoms with Gasteiger partial charge in [-0.3, -0.25) is 15.0 Å². The van der Waals surface area contributed by atoms with Gasteiger partial charge in [0.2, 0.25) is 0 Å². The Balaban J connectivity index is 1.62. The minimum atomic E-state index is -0.374. The number of hydrogen-bond donors (Lipinski definition) is 0. The van der Waals surface area contributed by atoms with Crippen molar-refractivity contribution < 1.29 is 9.31 Å². The van der Waals surface area contributed by atoms with Gasteiger partial charge < -0.3 is 4.90 Å². The van der Waals surface area contributed by atoms with Gasteiger partial charge >= 0.3 is 5.69 Å². The lowest BCUT2D eigenvalue weighted by molar-refractivity contribution is -0.386. The minimum Gasteiger partial charge on any atom is -0.369 e. The van der Waals surface area contributed by atoms with Crippen molar-refractivity contribution >= 4 is 11.4 Å². The molecule has 3 rings (SSSR count). The highest BCUT2D eigenvalue weighted by atomic mass is 19.1. The Labute approximate surface area is 139 Å². The maximum atomic E-state index is 13.0. The summed E-state index contributed by atoms with van der Waals surface area (Å²) in [7, 11) is 0. The molecular weight excluding hydrogens is 313 g/mol. The summed E-state index contributed by atoms with van der Waals surface area (Å²) < 4.78 is 14.7. The largest absolute Gasteiger partial charge is 0.369 e. The van der Waals surface area contributed by atoms with Crippen LogP contribution >= 0.6 is 0 Å². The van der Waals surface area contributed by atoms with E-state index >= 15 is 0 Å². The van der Waals surface area contributed by atoms with E-state index in [4.69, 9.17) is 0 Å². The number of rotatable bonds is 4. The molecule has 24 heavy (non-hydrogen) atoms. The van der Waals surface area contributed by atoms with Gasteiger partial charge in [-0.25, -0.2) is 9.07 Å². The summed E-state index contributed by atoms with van der Waals surface area (Å²) >= 11 is 0. The number of nitrogens with zero attached hydrogens (tertiary/aromatic N) is 5. The monoisotopic (exact) mass is 333 g/mol. The number of halogens is 1. The number of nitro groups is 1. The Morgan fingerprint density at radius 2 is 1.79 bits per heavy atom. The van der Waals surface area contributed by atoms with Gasteiger partial charge in [-0.1, -0.05) is 0 Å². The lowest BCUT2D eigenvalue weighted by Gasteiger charge is -2.36. The summed E-state index contributed by atoms with van der Waals surface area (Å²) in [6.07, 6.45) is 0. The smallest absolute Gasteiger partial charge is 0.312 e. The molecule has 1 aliphatic rings. The summed E-state index contributed by atoms with van der Waals surface area (Å²) in [5.41, 5.74) is 2.14. The molecule has 2 aromatic rings. The van der Waals surface area contributed by atoms with Crippen molar-refractivity contribution in [3.05, 3.63) is 51.6 Å². The van der Waals surface area contributed by atoms with Crippen molar-refractivity contribution in [1.82, 2.24) is 14.7 Å². The summed E-state index contributed by atoms with van der Waals surface area (Å²) in [6, 6.07) is 6.51. The number of aromatic nitrogens is 2. The van der Waals surface area contributed by atoms with Gasteiger partial charge in [0, 0.05) is 31.9 Å². The SMILES string of the molecule is Cc1nn(CN2CCN(c3ccc(F)cc3)CC2)c(C)c1[N+](=O)[O-]. The minimum absolute atomic E-state index is 0.0972. The molecule has 0 atom stereocenters. The lowest BCUT2D eigenvalue weighted by Crippen LogP contribution is -2.47.